The van der Waals surface area contributed by atoms with E-state index in [2.05, 4.69) is 35.1 Å². The van der Waals surface area contributed by atoms with Gasteiger partial charge in [-0.2, -0.15) is 0 Å². The van der Waals surface area contributed by atoms with Crippen molar-refractivity contribution < 1.29 is 8.78 Å². The Morgan fingerprint density at radius 2 is 2.00 bits per heavy atom. The van der Waals surface area contributed by atoms with Crippen molar-refractivity contribution in [2.45, 2.75) is 32.2 Å². The van der Waals surface area contributed by atoms with Crippen LogP contribution in [-0.4, -0.2) is 25.2 Å². The molecule has 0 spiro atoms. The average Bonchev–Trinajstić information content (AvgIpc) is 2.37. The molecule has 106 valence electrons. The normalized spacial score (nSPS) is 18.7. The first-order valence-corrected chi connectivity index (χ1v) is 7.45. The number of rotatable bonds is 3. The molecule has 1 heterocycles. The number of benzene rings is 1. The summed E-state index contributed by atoms with van der Waals surface area (Å²) >= 11 is 3.27. The number of hydrogen-bond acceptors (Lipinski definition) is 2. The number of halogens is 3. The molecule has 2 nitrogen and oxygen atoms in total. The molecule has 5 heteroatoms. The highest BCUT2D eigenvalue weighted by atomic mass is 79.9. The van der Waals surface area contributed by atoms with Crippen LogP contribution < -0.4 is 10.2 Å². The van der Waals surface area contributed by atoms with E-state index in [9.17, 15) is 8.78 Å². The van der Waals surface area contributed by atoms with Crippen molar-refractivity contribution >= 4 is 21.6 Å². The summed E-state index contributed by atoms with van der Waals surface area (Å²) in [5, 5.41) is 3.53. The monoisotopic (exact) mass is 332 g/mol. The molecule has 1 saturated heterocycles. The number of nitrogens with one attached hydrogen (secondary N) is 1. The van der Waals surface area contributed by atoms with Gasteiger partial charge in [0, 0.05) is 35.7 Å². The fourth-order valence-corrected chi connectivity index (χ4v) is 3.37. The third-order valence-electron chi connectivity index (χ3n) is 4.03. The van der Waals surface area contributed by atoms with Crippen LogP contribution in [0.2, 0.25) is 0 Å². The van der Waals surface area contributed by atoms with E-state index in [1.165, 1.54) is 6.07 Å². The molecule has 0 unspecified atom stereocenters. The molecule has 1 fully saturated rings. The third-order valence-corrected chi connectivity index (χ3v) is 4.63. The van der Waals surface area contributed by atoms with Gasteiger partial charge >= 0.3 is 0 Å². The number of piperazine rings is 1. The minimum absolute atomic E-state index is 0.0124. The Morgan fingerprint density at radius 3 is 2.58 bits per heavy atom. The minimum Gasteiger partial charge on any atom is -0.365 e. The molecule has 0 aromatic heterocycles. The number of hydrogen-bond donors (Lipinski definition) is 1. The van der Waals surface area contributed by atoms with E-state index in [1.807, 2.05) is 4.90 Å². The largest absolute Gasteiger partial charge is 0.365 e. The van der Waals surface area contributed by atoms with Crippen molar-refractivity contribution in [3.8, 4) is 0 Å². The summed E-state index contributed by atoms with van der Waals surface area (Å²) in [5.74, 6) is -1.06. The highest BCUT2D eigenvalue weighted by molar-refractivity contribution is 9.10. The van der Waals surface area contributed by atoms with Crippen molar-refractivity contribution in [3.63, 3.8) is 0 Å². The Morgan fingerprint density at radius 1 is 1.32 bits per heavy atom. The van der Waals surface area contributed by atoms with Gasteiger partial charge < -0.3 is 10.2 Å². The summed E-state index contributed by atoms with van der Waals surface area (Å²) in [6.45, 7) is 6.54. The maximum absolute atomic E-state index is 14.0. The van der Waals surface area contributed by atoms with Gasteiger partial charge in [-0.15, -0.1) is 0 Å². The molecule has 0 radical (unpaired) electrons. The first-order chi connectivity index (χ1) is 9.01. The average molecular weight is 333 g/mol. The zero-order valence-electron chi connectivity index (χ0n) is 11.3. The van der Waals surface area contributed by atoms with Gasteiger partial charge in [0.1, 0.15) is 5.82 Å². The lowest BCUT2D eigenvalue weighted by molar-refractivity contribution is 0.276. The van der Waals surface area contributed by atoms with E-state index in [0.717, 1.165) is 38.5 Å². The summed E-state index contributed by atoms with van der Waals surface area (Å²) in [6, 6.07) is 2.27. The maximum atomic E-state index is 14.0. The van der Waals surface area contributed by atoms with Crippen LogP contribution in [0.1, 0.15) is 26.7 Å². The fourth-order valence-electron chi connectivity index (χ4n) is 2.71. The van der Waals surface area contributed by atoms with Crippen LogP contribution in [0.3, 0.4) is 0 Å². The van der Waals surface area contributed by atoms with Gasteiger partial charge in [0.25, 0.3) is 0 Å². The molecule has 2 rings (SSSR count). The van der Waals surface area contributed by atoms with Gasteiger partial charge in [-0.25, -0.2) is 8.78 Å². The van der Waals surface area contributed by atoms with E-state index < -0.39 is 11.6 Å². The lowest BCUT2D eigenvalue weighted by Gasteiger charge is -2.44. The second-order valence-electron chi connectivity index (χ2n) is 5.05. The van der Waals surface area contributed by atoms with Gasteiger partial charge in [-0.3, -0.25) is 0 Å². The standard InChI is InChI=1S/C14H19BrF2N2/c1-3-14(4-2)9-19(6-5-18-14)13-11(15)7-10(16)8-12(13)17/h7-8,18H,3-6,9H2,1-2H3. The van der Waals surface area contributed by atoms with Crippen LogP contribution in [0.5, 0.6) is 0 Å². The van der Waals surface area contributed by atoms with Crippen LogP contribution in [0.15, 0.2) is 16.6 Å². The predicted molar refractivity (Wildman–Crippen MR) is 77.6 cm³/mol. The van der Waals surface area contributed by atoms with Crippen LogP contribution in [0.25, 0.3) is 0 Å². The second-order valence-corrected chi connectivity index (χ2v) is 5.91. The summed E-state index contributed by atoms with van der Waals surface area (Å²) in [7, 11) is 0. The Labute approximate surface area is 121 Å². The van der Waals surface area contributed by atoms with Crippen LogP contribution in [0.4, 0.5) is 14.5 Å². The topological polar surface area (TPSA) is 15.3 Å². The fraction of sp³-hybridized carbons (Fsp3) is 0.571. The molecule has 1 aromatic carbocycles. The zero-order chi connectivity index (χ0) is 14.0. The summed E-state index contributed by atoms with van der Waals surface area (Å²) in [4.78, 5) is 2.00. The zero-order valence-corrected chi connectivity index (χ0v) is 12.9. The predicted octanol–water partition coefficient (Wildman–Crippen LogP) is 3.70. The molecule has 0 saturated carbocycles. The van der Waals surface area contributed by atoms with Crippen molar-refractivity contribution in [2.24, 2.45) is 0 Å². The van der Waals surface area contributed by atoms with E-state index in [4.69, 9.17) is 0 Å². The molecular formula is C14H19BrF2N2. The Bertz CT molecular complexity index is 438. The van der Waals surface area contributed by atoms with Gasteiger partial charge in [-0.05, 0) is 34.8 Å². The lowest BCUT2D eigenvalue weighted by Crippen LogP contribution is -2.60. The molecule has 0 amide bonds. The van der Waals surface area contributed by atoms with E-state index in [1.54, 1.807) is 0 Å². The Kier molecular flexibility index (Phi) is 4.46. The second kappa shape index (κ2) is 5.75. The third kappa shape index (κ3) is 2.92. The highest BCUT2D eigenvalue weighted by Crippen LogP contribution is 2.33. The van der Waals surface area contributed by atoms with E-state index >= 15 is 0 Å². The minimum atomic E-state index is -0.555. The molecule has 0 bridgehead atoms. The molecular weight excluding hydrogens is 314 g/mol. The number of nitrogens with zero attached hydrogens (tertiary/aromatic N) is 1. The van der Waals surface area contributed by atoms with E-state index in [0.29, 0.717) is 10.2 Å². The SMILES string of the molecule is CCC1(CC)CN(c2c(F)cc(F)cc2Br)CCN1. The number of anilines is 1. The highest BCUT2D eigenvalue weighted by Gasteiger charge is 2.33. The summed E-state index contributed by atoms with van der Waals surface area (Å²) in [6.07, 6.45) is 1.97. The maximum Gasteiger partial charge on any atom is 0.150 e. The molecule has 19 heavy (non-hydrogen) atoms. The van der Waals surface area contributed by atoms with Gasteiger partial charge in [-0.1, -0.05) is 13.8 Å². The van der Waals surface area contributed by atoms with Crippen LogP contribution in [0, 0.1) is 11.6 Å². The quantitative estimate of drug-likeness (QED) is 0.907. The van der Waals surface area contributed by atoms with Crippen molar-refractivity contribution in [3.05, 3.63) is 28.2 Å². The van der Waals surface area contributed by atoms with Crippen molar-refractivity contribution in [1.29, 1.82) is 0 Å². The van der Waals surface area contributed by atoms with E-state index in [-0.39, 0.29) is 5.54 Å². The van der Waals surface area contributed by atoms with Crippen molar-refractivity contribution in [1.82, 2.24) is 5.32 Å². The lowest BCUT2D eigenvalue weighted by atomic mass is 9.90. The molecule has 0 atom stereocenters. The molecule has 0 aliphatic carbocycles. The van der Waals surface area contributed by atoms with Gasteiger partial charge in [0.05, 0.1) is 5.69 Å². The Hall–Kier alpha value is -0.680. The first-order valence-electron chi connectivity index (χ1n) is 6.66. The van der Waals surface area contributed by atoms with Gasteiger partial charge in [0.2, 0.25) is 0 Å². The van der Waals surface area contributed by atoms with Gasteiger partial charge in [0.15, 0.2) is 5.82 Å². The van der Waals surface area contributed by atoms with Crippen molar-refractivity contribution in [2.75, 3.05) is 24.5 Å². The molecule has 1 N–H and O–H groups in total. The van der Waals surface area contributed by atoms with Crippen LogP contribution in [-0.2, 0) is 0 Å². The molecule has 1 aliphatic heterocycles. The summed E-state index contributed by atoms with van der Waals surface area (Å²) < 4.78 is 27.7. The molecule has 1 aromatic rings. The Balaban J connectivity index is 2.32. The first kappa shape index (κ1) is 14.7. The smallest absolute Gasteiger partial charge is 0.150 e. The molecule has 1 aliphatic rings. The van der Waals surface area contributed by atoms with Crippen LogP contribution >= 0.6 is 15.9 Å². The summed E-state index contributed by atoms with van der Waals surface area (Å²) in [5.41, 5.74) is 0.479.